The monoisotopic (exact) mass is 491 g/mol. The first kappa shape index (κ1) is 27.0. The van der Waals surface area contributed by atoms with Gasteiger partial charge < -0.3 is 19.7 Å². The molecule has 2 aromatic rings. The summed E-state index contributed by atoms with van der Waals surface area (Å²) < 4.78 is 37.1. The Hall–Kier alpha value is -3.27. The topological polar surface area (TPSA) is 105 Å². The summed E-state index contributed by atoms with van der Waals surface area (Å²) in [5, 5.41) is 2.59. The molecule has 1 unspecified atom stereocenters. The van der Waals surface area contributed by atoms with Gasteiger partial charge >= 0.3 is 0 Å². The molecule has 34 heavy (non-hydrogen) atoms. The highest BCUT2D eigenvalue weighted by molar-refractivity contribution is 7.92. The summed E-state index contributed by atoms with van der Waals surface area (Å²) in [6.07, 6.45) is 1.38. The van der Waals surface area contributed by atoms with Gasteiger partial charge in [-0.2, -0.15) is 0 Å². The van der Waals surface area contributed by atoms with Crippen LogP contribution in [0.2, 0.25) is 0 Å². The zero-order valence-electron chi connectivity index (χ0n) is 20.5. The van der Waals surface area contributed by atoms with Gasteiger partial charge in [-0.15, -0.1) is 0 Å². The van der Waals surface area contributed by atoms with E-state index in [2.05, 4.69) is 5.32 Å². The Labute approximate surface area is 201 Å². The van der Waals surface area contributed by atoms with Gasteiger partial charge in [0.15, 0.2) is 0 Å². The number of hydrogen-bond donors (Lipinski definition) is 1. The highest BCUT2D eigenvalue weighted by Gasteiger charge is 2.32. The van der Waals surface area contributed by atoms with Crippen LogP contribution >= 0.6 is 0 Å². The summed E-state index contributed by atoms with van der Waals surface area (Å²) in [5.41, 5.74) is 1.81. The molecule has 0 saturated carbocycles. The predicted octanol–water partition coefficient (Wildman–Crippen LogP) is 2.33. The standard InChI is InChI=1S/C24H33N3O6S/c1-7-20(24(29)25-3)26(15-18-9-8-10-19(14-18)32-4)23(28)16-27(34(6,30)31)21-13-17(2)11-12-22(21)33-5/h8-14,20H,7,15-16H2,1-6H3,(H,25,29). The molecule has 0 heterocycles. The van der Waals surface area contributed by atoms with Gasteiger partial charge in [-0.05, 0) is 48.7 Å². The van der Waals surface area contributed by atoms with Crippen LogP contribution in [-0.4, -0.2) is 65.2 Å². The largest absolute Gasteiger partial charge is 0.497 e. The van der Waals surface area contributed by atoms with Crippen LogP contribution in [0.1, 0.15) is 24.5 Å². The van der Waals surface area contributed by atoms with Gasteiger partial charge in [-0.25, -0.2) is 8.42 Å². The van der Waals surface area contributed by atoms with Gasteiger partial charge in [-0.1, -0.05) is 25.1 Å². The first-order valence-corrected chi connectivity index (χ1v) is 12.7. The molecule has 0 fully saturated rings. The molecular formula is C24H33N3O6S. The summed E-state index contributed by atoms with van der Waals surface area (Å²) >= 11 is 0. The van der Waals surface area contributed by atoms with Crippen molar-refractivity contribution >= 4 is 27.5 Å². The molecule has 0 aliphatic heterocycles. The van der Waals surface area contributed by atoms with Gasteiger partial charge in [-0.3, -0.25) is 13.9 Å². The van der Waals surface area contributed by atoms with Crippen LogP contribution < -0.4 is 19.1 Å². The average Bonchev–Trinajstić information content (AvgIpc) is 2.81. The molecule has 2 aromatic carbocycles. The minimum Gasteiger partial charge on any atom is -0.497 e. The number of methoxy groups -OCH3 is 2. The number of anilines is 1. The number of sulfonamides is 1. The molecule has 2 amide bonds. The second-order valence-corrected chi connectivity index (χ2v) is 9.76. The first-order chi connectivity index (χ1) is 16.0. The van der Waals surface area contributed by atoms with Gasteiger partial charge in [0.05, 0.1) is 26.2 Å². The number of hydrogen-bond acceptors (Lipinski definition) is 6. The van der Waals surface area contributed by atoms with Crippen molar-refractivity contribution in [3.63, 3.8) is 0 Å². The third kappa shape index (κ3) is 6.63. The van der Waals surface area contributed by atoms with Crippen molar-refractivity contribution < 1.29 is 27.5 Å². The van der Waals surface area contributed by atoms with Crippen molar-refractivity contribution in [2.45, 2.75) is 32.9 Å². The Morgan fingerprint density at radius 1 is 1.09 bits per heavy atom. The van der Waals surface area contributed by atoms with E-state index in [1.807, 2.05) is 13.0 Å². The van der Waals surface area contributed by atoms with E-state index in [9.17, 15) is 18.0 Å². The second kappa shape index (κ2) is 11.7. The number of nitrogens with one attached hydrogen (secondary N) is 1. The zero-order chi connectivity index (χ0) is 25.5. The number of amides is 2. The van der Waals surface area contributed by atoms with E-state index < -0.39 is 28.5 Å². The third-order valence-corrected chi connectivity index (χ3v) is 6.53. The van der Waals surface area contributed by atoms with Crippen molar-refractivity contribution in [1.29, 1.82) is 0 Å². The molecule has 2 rings (SSSR count). The molecule has 0 radical (unpaired) electrons. The quantitative estimate of drug-likeness (QED) is 0.517. The fourth-order valence-electron chi connectivity index (χ4n) is 3.64. The minimum atomic E-state index is -3.85. The number of aryl methyl sites for hydroxylation is 1. The lowest BCUT2D eigenvalue weighted by molar-refractivity contribution is -0.140. The Morgan fingerprint density at radius 2 is 1.79 bits per heavy atom. The van der Waals surface area contributed by atoms with Crippen molar-refractivity contribution in [3.05, 3.63) is 53.6 Å². The van der Waals surface area contributed by atoms with E-state index >= 15 is 0 Å². The number of ether oxygens (including phenoxy) is 2. The number of nitrogens with zero attached hydrogens (tertiary/aromatic N) is 2. The molecule has 9 nitrogen and oxygen atoms in total. The Kier molecular flexibility index (Phi) is 9.31. The fourth-order valence-corrected chi connectivity index (χ4v) is 4.49. The van der Waals surface area contributed by atoms with E-state index in [-0.39, 0.29) is 18.1 Å². The van der Waals surface area contributed by atoms with E-state index in [1.54, 1.807) is 50.4 Å². The molecule has 0 aliphatic rings. The second-order valence-electron chi connectivity index (χ2n) is 7.86. The minimum absolute atomic E-state index is 0.102. The number of carbonyl (C=O) groups is 2. The van der Waals surface area contributed by atoms with Crippen molar-refractivity contribution in [1.82, 2.24) is 10.2 Å². The van der Waals surface area contributed by atoms with Gasteiger partial charge in [0.25, 0.3) is 0 Å². The van der Waals surface area contributed by atoms with Gasteiger partial charge in [0.2, 0.25) is 21.8 Å². The normalized spacial score (nSPS) is 11.9. The average molecular weight is 492 g/mol. The maximum atomic E-state index is 13.6. The molecule has 0 aliphatic carbocycles. The fraction of sp³-hybridized carbons (Fsp3) is 0.417. The summed E-state index contributed by atoms with van der Waals surface area (Å²) in [5.74, 6) is 0.0757. The number of likely N-dealkylation sites (N-methyl/N-ethyl adjacent to an activating group) is 1. The molecular weight excluding hydrogens is 458 g/mol. The van der Waals surface area contributed by atoms with Gasteiger partial charge in [0.1, 0.15) is 24.1 Å². The van der Waals surface area contributed by atoms with Crippen molar-refractivity contribution in [3.8, 4) is 11.5 Å². The molecule has 1 atom stereocenters. The van der Waals surface area contributed by atoms with Crippen LogP contribution in [0.25, 0.3) is 0 Å². The Bertz CT molecular complexity index is 1120. The predicted molar refractivity (Wildman–Crippen MR) is 132 cm³/mol. The lowest BCUT2D eigenvalue weighted by Gasteiger charge is -2.33. The summed E-state index contributed by atoms with van der Waals surface area (Å²) in [7, 11) is 0.624. The van der Waals surface area contributed by atoms with Crippen molar-refractivity contribution in [2.24, 2.45) is 0 Å². The molecule has 0 aromatic heterocycles. The summed E-state index contributed by atoms with van der Waals surface area (Å²) in [6.45, 7) is 3.23. The number of rotatable bonds is 11. The SMILES string of the molecule is CCC(C(=O)NC)N(Cc1cccc(OC)c1)C(=O)CN(c1cc(C)ccc1OC)S(C)(=O)=O. The zero-order valence-corrected chi connectivity index (χ0v) is 21.3. The lowest BCUT2D eigenvalue weighted by Crippen LogP contribution is -2.51. The van der Waals surface area contributed by atoms with Crippen LogP contribution in [0.5, 0.6) is 11.5 Å². The van der Waals surface area contributed by atoms with Gasteiger partial charge in [0, 0.05) is 13.6 Å². The first-order valence-electron chi connectivity index (χ1n) is 10.8. The smallest absolute Gasteiger partial charge is 0.244 e. The van der Waals surface area contributed by atoms with Crippen LogP contribution in [0.15, 0.2) is 42.5 Å². The van der Waals surface area contributed by atoms with Crippen LogP contribution in [0, 0.1) is 6.92 Å². The van der Waals surface area contributed by atoms with E-state index in [0.29, 0.717) is 17.9 Å². The highest BCUT2D eigenvalue weighted by atomic mass is 32.2. The maximum Gasteiger partial charge on any atom is 0.244 e. The Morgan fingerprint density at radius 3 is 2.35 bits per heavy atom. The van der Waals surface area contributed by atoms with Crippen molar-refractivity contribution in [2.75, 3.05) is 38.4 Å². The van der Waals surface area contributed by atoms with E-state index in [0.717, 1.165) is 21.7 Å². The van der Waals surface area contributed by atoms with Crippen LogP contribution in [-0.2, 0) is 26.2 Å². The molecule has 0 saturated heterocycles. The number of carbonyl (C=O) groups excluding carboxylic acids is 2. The van der Waals surface area contributed by atoms with E-state index in [4.69, 9.17) is 9.47 Å². The van der Waals surface area contributed by atoms with E-state index in [1.165, 1.54) is 19.1 Å². The summed E-state index contributed by atoms with van der Waals surface area (Å²) in [4.78, 5) is 27.6. The van der Waals surface area contributed by atoms with Crippen LogP contribution in [0.3, 0.4) is 0 Å². The molecule has 10 heteroatoms. The summed E-state index contributed by atoms with van der Waals surface area (Å²) in [6, 6.07) is 11.5. The lowest BCUT2D eigenvalue weighted by atomic mass is 10.1. The maximum absolute atomic E-state index is 13.6. The molecule has 0 bridgehead atoms. The third-order valence-electron chi connectivity index (χ3n) is 5.40. The highest BCUT2D eigenvalue weighted by Crippen LogP contribution is 2.31. The molecule has 1 N–H and O–H groups in total. The number of benzene rings is 2. The Balaban J connectivity index is 2.51. The molecule has 186 valence electrons. The van der Waals surface area contributed by atoms with Crippen LogP contribution in [0.4, 0.5) is 5.69 Å². The molecule has 0 spiro atoms.